The number of halogens is 3. The highest BCUT2D eigenvalue weighted by atomic mass is 79.9. The van der Waals surface area contributed by atoms with Gasteiger partial charge in [0.05, 0.1) is 10.0 Å². The molecule has 0 spiro atoms. The molecule has 2 rings (SSSR count). The predicted octanol–water partition coefficient (Wildman–Crippen LogP) is 4.35. The lowest BCUT2D eigenvalue weighted by molar-refractivity contribution is 0.106. The van der Waals surface area contributed by atoms with Gasteiger partial charge in [-0.25, -0.2) is 0 Å². The molecule has 0 fully saturated rings. The fourth-order valence-corrected chi connectivity index (χ4v) is 3.37. The van der Waals surface area contributed by atoms with Gasteiger partial charge in [-0.15, -0.1) is 11.3 Å². The van der Waals surface area contributed by atoms with E-state index in [1.807, 2.05) is 11.4 Å². The molecule has 114 valence electrons. The van der Waals surface area contributed by atoms with Gasteiger partial charge in [0.25, 0.3) is 0 Å². The highest BCUT2D eigenvalue weighted by molar-refractivity contribution is 9.10. The van der Waals surface area contributed by atoms with E-state index in [9.17, 15) is 5.11 Å². The first-order chi connectivity index (χ1) is 10.1. The van der Waals surface area contributed by atoms with Gasteiger partial charge in [-0.05, 0) is 39.5 Å². The zero-order chi connectivity index (χ0) is 15.2. The molecule has 2 aromatic rings. The molecule has 0 aliphatic carbocycles. The number of rotatable bonds is 7. The van der Waals surface area contributed by atoms with Gasteiger partial charge in [0.1, 0.15) is 18.5 Å². The zero-order valence-electron chi connectivity index (χ0n) is 11.0. The van der Waals surface area contributed by atoms with E-state index in [2.05, 4.69) is 21.2 Å². The minimum atomic E-state index is -0.599. The van der Waals surface area contributed by atoms with Crippen LogP contribution in [0.4, 0.5) is 0 Å². The summed E-state index contributed by atoms with van der Waals surface area (Å²) in [6.45, 7) is 1.35. The summed E-state index contributed by atoms with van der Waals surface area (Å²) in [5.74, 6) is 0.587. The molecule has 2 N–H and O–H groups in total. The van der Waals surface area contributed by atoms with Crippen molar-refractivity contribution in [2.45, 2.75) is 12.6 Å². The molecule has 3 nitrogen and oxygen atoms in total. The Labute approximate surface area is 146 Å². The van der Waals surface area contributed by atoms with Crippen molar-refractivity contribution in [3.8, 4) is 5.75 Å². The molecular formula is C14H14BrCl2NO2S. The van der Waals surface area contributed by atoms with E-state index in [0.717, 1.165) is 4.47 Å². The normalized spacial score (nSPS) is 12.4. The van der Waals surface area contributed by atoms with E-state index in [-0.39, 0.29) is 6.61 Å². The third kappa shape index (κ3) is 5.43. The summed E-state index contributed by atoms with van der Waals surface area (Å²) < 4.78 is 6.56. The molecule has 1 aromatic carbocycles. The Hall–Kier alpha value is -0.300. The average molecular weight is 411 g/mol. The van der Waals surface area contributed by atoms with Crippen LogP contribution in [0.5, 0.6) is 5.75 Å². The fraction of sp³-hybridized carbons (Fsp3) is 0.286. The van der Waals surface area contributed by atoms with Crippen LogP contribution in [0.15, 0.2) is 34.1 Å². The van der Waals surface area contributed by atoms with Crippen molar-refractivity contribution < 1.29 is 9.84 Å². The largest absolute Gasteiger partial charge is 0.491 e. The van der Waals surface area contributed by atoms with Crippen LogP contribution in [0.2, 0.25) is 10.0 Å². The van der Waals surface area contributed by atoms with Crippen molar-refractivity contribution >= 4 is 50.5 Å². The standard InChI is InChI=1S/C14H14BrCl2NO2S/c15-11-3-4-21-14(11)7-18-6-9(19)8-20-10-1-2-12(16)13(17)5-10/h1-5,9,18-19H,6-8H2. The lowest BCUT2D eigenvalue weighted by Gasteiger charge is -2.13. The quantitative estimate of drug-likeness (QED) is 0.712. The molecule has 0 saturated carbocycles. The van der Waals surface area contributed by atoms with Gasteiger partial charge in [-0.3, -0.25) is 0 Å². The Morgan fingerprint density at radius 1 is 1.29 bits per heavy atom. The third-order valence-corrected chi connectivity index (χ3v) is 5.36. The Bertz CT molecular complexity index is 594. The molecule has 0 radical (unpaired) electrons. The number of nitrogens with one attached hydrogen (secondary N) is 1. The summed E-state index contributed by atoms with van der Waals surface area (Å²) in [7, 11) is 0. The minimum Gasteiger partial charge on any atom is -0.491 e. The van der Waals surface area contributed by atoms with Crippen LogP contribution in [0.3, 0.4) is 0 Å². The molecule has 1 aromatic heterocycles. The Morgan fingerprint density at radius 2 is 2.10 bits per heavy atom. The van der Waals surface area contributed by atoms with Crippen LogP contribution in [0, 0.1) is 0 Å². The molecule has 1 atom stereocenters. The van der Waals surface area contributed by atoms with Gasteiger partial charge in [0, 0.05) is 28.5 Å². The van der Waals surface area contributed by atoms with E-state index in [1.54, 1.807) is 29.5 Å². The van der Waals surface area contributed by atoms with Gasteiger partial charge < -0.3 is 15.2 Å². The lowest BCUT2D eigenvalue weighted by atomic mass is 10.3. The first-order valence-electron chi connectivity index (χ1n) is 6.24. The maximum absolute atomic E-state index is 9.88. The van der Waals surface area contributed by atoms with Crippen LogP contribution < -0.4 is 10.1 Å². The maximum Gasteiger partial charge on any atom is 0.121 e. The molecule has 7 heteroatoms. The molecule has 0 aliphatic rings. The van der Waals surface area contributed by atoms with Crippen molar-refractivity contribution in [3.05, 3.63) is 49.0 Å². The zero-order valence-corrected chi connectivity index (χ0v) is 14.9. The van der Waals surface area contributed by atoms with Crippen molar-refractivity contribution in [3.63, 3.8) is 0 Å². The Balaban J connectivity index is 1.71. The first kappa shape index (κ1) is 17.1. The molecule has 0 amide bonds. The number of hydrogen-bond donors (Lipinski definition) is 2. The smallest absolute Gasteiger partial charge is 0.121 e. The van der Waals surface area contributed by atoms with Crippen LogP contribution in [0.25, 0.3) is 0 Å². The summed E-state index contributed by atoms with van der Waals surface area (Å²) in [4.78, 5) is 1.20. The van der Waals surface area contributed by atoms with E-state index >= 15 is 0 Å². The van der Waals surface area contributed by atoms with E-state index in [4.69, 9.17) is 27.9 Å². The Morgan fingerprint density at radius 3 is 2.76 bits per heavy atom. The summed E-state index contributed by atoms with van der Waals surface area (Å²) in [5.41, 5.74) is 0. The highest BCUT2D eigenvalue weighted by Crippen LogP contribution is 2.26. The molecule has 1 unspecified atom stereocenters. The molecular weight excluding hydrogens is 397 g/mol. The summed E-state index contributed by atoms with van der Waals surface area (Å²) in [6, 6.07) is 7.02. The van der Waals surface area contributed by atoms with Crippen molar-refractivity contribution in [2.75, 3.05) is 13.2 Å². The number of aliphatic hydroxyl groups is 1. The van der Waals surface area contributed by atoms with Crippen molar-refractivity contribution in [1.82, 2.24) is 5.32 Å². The van der Waals surface area contributed by atoms with E-state index < -0.39 is 6.10 Å². The third-order valence-electron chi connectivity index (χ3n) is 2.69. The number of ether oxygens (including phenoxy) is 1. The van der Waals surface area contributed by atoms with Crippen LogP contribution >= 0.6 is 50.5 Å². The topological polar surface area (TPSA) is 41.5 Å². The lowest BCUT2D eigenvalue weighted by Crippen LogP contribution is -2.31. The molecule has 0 aliphatic heterocycles. The number of hydrogen-bond acceptors (Lipinski definition) is 4. The second-order valence-corrected chi connectivity index (χ2v) is 7.03. The number of thiophene rings is 1. The molecule has 0 saturated heterocycles. The van der Waals surface area contributed by atoms with Gasteiger partial charge in [0.2, 0.25) is 0 Å². The van der Waals surface area contributed by atoms with Crippen molar-refractivity contribution in [1.29, 1.82) is 0 Å². The number of benzene rings is 1. The summed E-state index contributed by atoms with van der Waals surface area (Å²) in [6.07, 6.45) is -0.599. The van der Waals surface area contributed by atoms with Gasteiger partial charge in [-0.1, -0.05) is 23.2 Å². The second kappa shape index (κ2) is 8.36. The minimum absolute atomic E-state index is 0.191. The monoisotopic (exact) mass is 409 g/mol. The first-order valence-corrected chi connectivity index (χ1v) is 8.67. The average Bonchev–Trinajstić information content (AvgIpc) is 2.86. The Kier molecular flexibility index (Phi) is 6.79. The summed E-state index contributed by atoms with van der Waals surface area (Å²) >= 11 is 16.9. The van der Waals surface area contributed by atoms with E-state index in [1.165, 1.54) is 4.88 Å². The highest BCUT2D eigenvalue weighted by Gasteiger charge is 2.07. The second-order valence-electron chi connectivity index (χ2n) is 4.36. The predicted molar refractivity (Wildman–Crippen MR) is 91.7 cm³/mol. The molecule has 0 bridgehead atoms. The van der Waals surface area contributed by atoms with Gasteiger partial charge in [0.15, 0.2) is 0 Å². The van der Waals surface area contributed by atoms with Crippen LogP contribution in [0.1, 0.15) is 4.88 Å². The fourth-order valence-electron chi connectivity index (χ4n) is 1.62. The van der Waals surface area contributed by atoms with Crippen LogP contribution in [-0.4, -0.2) is 24.4 Å². The van der Waals surface area contributed by atoms with Gasteiger partial charge >= 0.3 is 0 Å². The summed E-state index contributed by atoms with van der Waals surface area (Å²) in [5, 5.41) is 16.0. The van der Waals surface area contributed by atoms with E-state index in [0.29, 0.717) is 28.9 Å². The van der Waals surface area contributed by atoms with Crippen LogP contribution in [-0.2, 0) is 6.54 Å². The SMILES string of the molecule is OC(CNCc1sccc1Br)COc1ccc(Cl)c(Cl)c1. The van der Waals surface area contributed by atoms with Gasteiger partial charge in [-0.2, -0.15) is 0 Å². The number of aliphatic hydroxyl groups excluding tert-OH is 1. The van der Waals surface area contributed by atoms with Crippen molar-refractivity contribution in [2.24, 2.45) is 0 Å². The maximum atomic E-state index is 9.88. The molecule has 1 heterocycles. The molecule has 21 heavy (non-hydrogen) atoms.